The Bertz CT molecular complexity index is 900. The van der Waals surface area contributed by atoms with Crippen LogP contribution in [-0.2, 0) is 4.79 Å². The fourth-order valence-electron chi connectivity index (χ4n) is 3.66. The summed E-state index contributed by atoms with van der Waals surface area (Å²) in [4.78, 5) is 26.3. The van der Waals surface area contributed by atoms with Crippen LogP contribution in [0.4, 0.5) is 21.8 Å². The predicted octanol–water partition coefficient (Wildman–Crippen LogP) is 3.46. The average molecular weight is 402 g/mol. The van der Waals surface area contributed by atoms with Crippen molar-refractivity contribution in [2.75, 3.05) is 29.2 Å². The van der Waals surface area contributed by atoms with Crippen molar-refractivity contribution in [3.05, 3.63) is 35.8 Å². The highest BCUT2D eigenvalue weighted by molar-refractivity contribution is 8.00. The van der Waals surface area contributed by atoms with Gasteiger partial charge in [-0.05, 0) is 51.0 Å². The van der Waals surface area contributed by atoms with Crippen LogP contribution in [0, 0.1) is 12.7 Å². The quantitative estimate of drug-likeness (QED) is 0.847. The van der Waals surface area contributed by atoms with Crippen molar-refractivity contribution in [2.24, 2.45) is 0 Å². The Balaban J connectivity index is 1.42. The van der Waals surface area contributed by atoms with Crippen LogP contribution < -0.4 is 15.1 Å². The number of carbonyl (C=O) groups excluding carboxylic acids is 1. The normalized spacial score (nSPS) is 24.0. The molecule has 0 unspecified atom stereocenters. The summed E-state index contributed by atoms with van der Waals surface area (Å²) in [7, 11) is 3.67. The number of fused-ring (bicyclic) bond motifs is 1. The lowest BCUT2D eigenvalue weighted by Crippen LogP contribution is -2.50. The lowest BCUT2D eigenvalue weighted by molar-refractivity contribution is -0.119. The minimum Gasteiger partial charge on any atom is -0.351 e. The maximum atomic E-state index is 13.0. The first-order valence-electron chi connectivity index (χ1n) is 9.41. The van der Waals surface area contributed by atoms with E-state index in [4.69, 9.17) is 4.98 Å². The van der Waals surface area contributed by atoms with Gasteiger partial charge in [0.05, 0.1) is 5.69 Å². The number of amides is 1. The molecule has 0 saturated heterocycles. The number of thioether (sulfide) groups is 1. The van der Waals surface area contributed by atoms with Gasteiger partial charge in [0.1, 0.15) is 17.5 Å². The Morgan fingerprint density at radius 1 is 1.18 bits per heavy atom. The smallest absolute Gasteiger partial charge is 0.249 e. The molecule has 0 bridgehead atoms. The standard InChI is InChI=1S/C20H24FN5OS/c1-11-17-18(25(3)12(2)19(27)26(17)4)24-20(22-11)23-14-9-16(10-14)28-15-7-5-13(21)6-8-15/h5-8,12,14,16H,9-10H2,1-4H3,(H,22,23,24)/t12-,14?,16?/m0/s1. The number of hydrogen-bond donors (Lipinski definition) is 1. The van der Waals surface area contributed by atoms with Crippen LogP contribution in [-0.4, -0.2) is 47.3 Å². The van der Waals surface area contributed by atoms with Crippen molar-refractivity contribution in [3.8, 4) is 0 Å². The molecule has 0 spiro atoms. The van der Waals surface area contributed by atoms with Crippen molar-refractivity contribution in [2.45, 2.75) is 48.9 Å². The van der Waals surface area contributed by atoms with Gasteiger partial charge < -0.3 is 15.1 Å². The van der Waals surface area contributed by atoms with Gasteiger partial charge in [0.25, 0.3) is 0 Å². The maximum Gasteiger partial charge on any atom is 0.249 e. The summed E-state index contributed by atoms with van der Waals surface area (Å²) in [5.41, 5.74) is 1.56. The molecule has 4 rings (SSSR count). The minimum absolute atomic E-state index is 0.0436. The molecule has 1 fully saturated rings. The zero-order valence-electron chi connectivity index (χ0n) is 16.4. The van der Waals surface area contributed by atoms with Gasteiger partial charge in [-0.2, -0.15) is 4.98 Å². The van der Waals surface area contributed by atoms with E-state index in [2.05, 4.69) is 10.3 Å². The fraction of sp³-hybridized carbons (Fsp3) is 0.450. The zero-order valence-corrected chi connectivity index (χ0v) is 17.3. The first-order chi connectivity index (χ1) is 13.3. The van der Waals surface area contributed by atoms with Crippen LogP contribution in [0.15, 0.2) is 29.2 Å². The van der Waals surface area contributed by atoms with Crippen LogP contribution in [0.25, 0.3) is 0 Å². The van der Waals surface area contributed by atoms with E-state index in [9.17, 15) is 9.18 Å². The van der Waals surface area contributed by atoms with E-state index < -0.39 is 0 Å². The van der Waals surface area contributed by atoms with Gasteiger partial charge in [-0.15, -0.1) is 11.8 Å². The second-order valence-electron chi connectivity index (χ2n) is 7.50. The van der Waals surface area contributed by atoms with E-state index in [1.807, 2.05) is 37.9 Å². The monoisotopic (exact) mass is 401 g/mol. The number of nitrogens with one attached hydrogen (secondary N) is 1. The van der Waals surface area contributed by atoms with Crippen molar-refractivity contribution in [1.82, 2.24) is 9.97 Å². The molecular formula is C20H24FN5OS. The molecule has 148 valence electrons. The van der Waals surface area contributed by atoms with E-state index in [0.29, 0.717) is 17.2 Å². The molecule has 6 nitrogen and oxygen atoms in total. The third kappa shape index (κ3) is 3.41. The van der Waals surface area contributed by atoms with E-state index >= 15 is 0 Å². The topological polar surface area (TPSA) is 61.4 Å². The first kappa shape index (κ1) is 19.0. The summed E-state index contributed by atoms with van der Waals surface area (Å²) in [5, 5.41) is 3.94. The number of hydrogen-bond acceptors (Lipinski definition) is 6. The lowest BCUT2D eigenvalue weighted by Gasteiger charge is -2.38. The number of likely N-dealkylation sites (N-methyl/N-ethyl adjacent to an activating group) is 2. The highest BCUT2D eigenvalue weighted by Crippen LogP contribution is 2.39. The minimum atomic E-state index is -0.250. The van der Waals surface area contributed by atoms with Crippen molar-refractivity contribution < 1.29 is 9.18 Å². The summed E-state index contributed by atoms with van der Waals surface area (Å²) in [6.45, 7) is 3.79. The van der Waals surface area contributed by atoms with Crippen LogP contribution in [0.2, 0.25) is 0 Å². The Morgan fingerprint density at radius 3 is 2.54 bits per heavy atom. The summed E-state index contributed by atoms with van der Waals surface area (Å²) < 4.78 is 13.0. The molecule has 1 N–H and O–H groups in total. The molecule has 1 aliphatic heterocycles. The fourth-order valence-corrected chi connectivity index (χ4v) is 5.00. The number of aromatic nitrogens is 2. The molecule has 1 saturated carbocycles. The van der Waals surface area contributed by atoms with E-state index in [-0.39, 0.29) is 17.8 Å². The van der Waals surface area contributed by atoms with Gasteiger partial charge in [0, 0.05) is 30.3 Å². The number of anilines is 3. The lowest BCUT2D eigenvalue weighted by atomic mass is 9.92. The molecule has 2 aromatic rings. The number of halogens is 1. The predicted molar refractivity (Wildman–Crippen MR) is 111 cm³/mol. The molecule has 1 atom stereocenters. The number of aryl methyl sites for hydroxylation is 1. The van der Waals surface area contributed by atoms with E-state index in [0.717, 1.165) is 34.9 Å². The maximum absolute atomic E-state index is 13.0. The van der Waals surface area contributed by atoms with Crippen molar-refractivity contribution >= 4 is 35.1 Å². The van der Waals surface area contributed by atoms with Crippen LogP contribution in [0.1, 0.15) is 25.5 Å². The molecule has 1 aromatic heterocycles. The molecule has 1 amide bonds. The Morgan fingerprint density at radius 2 is 1.86 bits per heavy atom. The summed E-state index contributed by atoms with van der Waals surface area (Å²) in [6.07, 6.45) is 2.01. The Kier molecular flexibility index (Phi) is 4.91. The van der Waals surface area contributed by atoms with Crippen LogP contribution >= 0.6 is 11.8 Å². The van der Waals surface area contributed by atoms with Crippen molar-refractivity contribution in [1.29, 1.82) is 0 Å². The first-order valence-corrected chi connectivity index (χ1v) is 10.3. The number of nitrogens with zero attached hydrogens (tertiary/aromatic N) is 4. The van der Waals surface area contributed by atoms with Gasteiger partial charge in [0.2, 0.25) is 11.9 Å². The average Bonchev–Trinajstić information content (AvgIpc) is 2.64. The molecule has 1 aliphatic carbocycles. The van der Waals surface area contributed by atoms with E-state index in [1.54, 1.807) is 23.7 Å². The van der Waals surface area contributed by atoms with Gasteiger partial charge in [-0.25, -0.2) is 9.37 Å². The Labute approximate surface area is 168 Å². The molecule has 8 heteroatoms. The van der Waals surface area contributed by atoms with Gasteiger partial charge in [-0.3, -0.25) is 4.79 Å². The summed E-state index contributed by atoms with van der Waals surface area (Å²) in [5.74, 6) is 1.22. The van der Waals surface area contributed by atoms with Crippen LogP contribution in [0.3, 0.4) is 0 Å². The largest absolute Gasteiger partial charge is 0.351 e. The molecule has 1 aromatic carbocycles. The van der Waals surface area contributed by atoms with Gasteiger partial charge >= 0.3 is 0 Å². The molecular weight excluding hydrogens is 377 g/mol. The van der Waals surface area contributed by atoms with Crippen LogP contribution in [0.5, 0.6) is 0 Å². The second-order valence-corrected chi connectivity index (χ2v) is 8.87. The van der Waals surface area contributed by atoms with Crippen molar-refractivity contribution in [3.63, 3.8) is 0 Å². The molecule has 2 heterocycles. The second kappa shape index (κ2) is 7.24. The zero-order chi connectivity index (χ0) is 20.0. The third-order valence-corrected chi connectivity index (χ3v) is 6.79. The van der Waals surface area contributed by atoms with E-state index in [1.165, 1.54) is 12.1 Å². The summed E-state index contributed by atoms with van der Waals surface area (Å²) >= 11 is 1.78. The molecule has 28 heavy (non-hydrogen) atoms. The molecule has 2 aliphatic rings. The molecule has 0 radical (unpaired) electrons. The summed E-state index contributed by atoms with van der Waals surface area (Å²) in [6, 6.07) is 6.72. The number of rotatable bonds is 4. The number of benzene rings is 1. The van der Waals surface area contributed by atoms with Gasteiger partial charge in [-0.1, -0.05) is 0 Å². The Hall–Kier alpha value is -2.35. The van der Waals surface area contributed by atoms with Gasteiger partial charge in [0.15, 0.2) is 5.82 Å². The highest BCUT2D eigenvalue weighted by Gasteiger charge is 2.35. The highest BCUT2D eigenvalue weighted by atomic mass is 32.2. The number of carbonyl (C=O) groups is 1. The SMILES string of the molecule is Cc1nc(NC2CC(Sc3ccc(F)cc3)C2)nc2c1N(C)C(=O)[C@H](C)N2C. The third-order valence-electron chi connectivity index (χ3n) is 5.52.